The number of hydrogen-bond acceptors (Lipinski definition) is 9. The third kappa shape index (κ3) is 8.69. The lowest BCUT2D eigenvalue weighted by Crippen LogP contribution is -2.67. The van der Waals surface area contributed by atoms with Crippen LogP contribution < -0.4 is 5.32 Å². The van der Waals surface area contributed by atoms with Gasteiger partial charge in [0.25, 0.3) is 0 Å². The second-order valence-electron chi connectivity index (χ2n) is 17.5. The Morgan fingerprint density at radius 2 is 1.59 bits per heavy atom. The van der Waals surface area contributed by atoms with Crippen LogP contribution in [0.4, 0.5) is 0 Å². The zero-order chi connectivity index (χ0) is 37.2. The van der Waals surface area contributed by atoms with Crippen LogP contribution in [0.3, 0.4) is 0 Å². The summed E-state index contributed by atoms with van der Waals surface area (Å²) in [4.78, 5) is 48.7. The van der Waals surface area contributed by atoms with Gasteiger partial charge in [0, 0.05) is 27.7 Å². The Balaban J connectivity index is 1.32. The van der Waals surface area contributed by atoms with Crippen LogP contribution in [0.1, 0.15) is 133 Å². The van der Waals surface area contributed by atoms with Gasteiger partial charge in [0.1, 0.15) is 18.8 Å². The van der Waals surface area contributed by atoms with Crippen LogP contribution in [0, 0.1) is 46.3 Å². The highest BCUT2D eigenvalue weighted by atomic mass is 16.7. The van der Waals surface area contributed by atoms with E-state index in [0.29, 0.717) is 11.3 Å². The summed E-state index contributed by atoms with van der Waals surface area (Å²) in [5, 5.41) is 2.84. The SMILES string of the molecule is CC(=O)N[C@H]1[C@@H](O[C@H]2CC[C@@]3(C)C(=CC[C@H]4[C@@H]5CC[C@H]([C@H](C)CCCC(C)C)[C@@]5(C)CC[C@@H]43)C2)O[C@H](COC(C)=O)[C@@H](OC(C)=O)[C@@H]1OC(C)=O. The van der Waals surface area contributed by atoms with E-state index in [0.717, 1.165) is 55.3 Å². The van der Waals surface area contributed by atoms with E-state index < -0.39 is 48.6 Å². The quantitative estimate of drug-likeness (QED) is 0.128. The molecule has 1 aliphatic heterocycles. The molecule has 51 heavy (non-hydrogen) atoms. The molecule has 4 fully saturated rings. The maximum Gasteiger partial charge on any atom is 0.303 e. The topological polar surface area (TPSA) is 126 Å². The molecule has 0 aromatic heterocycles. The Morgan fingerprint density at radius 1 is 0.882 bits per heavy atom. The van der Waals surface area contributed by atoms with Crippen LogP contribution in [-0.2, 0) is 42.9 Å². The van der Waals surface area contributed by atoms with E-state index in [-0.39, 0.29) is 24.0 Å². The largest absolute Gasteiger partial charge is 0.463 e. The summed E-state index contributed by atoms with van der Waals surface area (Å²) in [7, 11) is 0. The molecule has 1 N–H and O–H groups in total. The zero-order valence-corrected chi connectivity index (χ0v) is 32.7. The highest BCUT2D eigenvalue weighted by Crippen LogP contribution is 2.67. The molecular formula is C41H65NO9. The molecule has 0 aromatic carbocycles. The Kier molecular flexibility index (Phi) is 12.7. The molecule has 0 spiro atoms. The van der Waals surface area contributed by atoms with Crippen molar-refractivity contribution < 1.29 is 42.9 Å². The molecule has 1 saturated heterocycles. The van der Waals surface area contributed by atoms with Gasteiger partial charge in [-0.25, -0.2) is 0 Å². The first-order valence-corrected chi connectivity index (χ1v) is 19.8. The summed E-state index contributed by atoms with van der Waals surface area (Å²) in [6.07, 6.45) is 11.1. The van der Waals surface area contributed by atoms with Crippen LogP contribution in [0.25, 0.3) is 0 Å². The van der Waals surface area contributed by atoms with E-state index in [1.807, 2.05) is 0 Å². The fraction of sp³-hybridized carbons (Fsp3) is 0.854. The fourth-order valence-corrected chi connectivity index (χ4v) is 11.4. The lowest BCUT2D eigenvalue weighted by molar-refractivity contribution is -0.289. The average Bonchev–Trinajstić information content (AvgIpc) is 3.39. The van der Waals surface area contributed by atoms with Crippen molar-refractivity contribution >= 4 is 23.8 Å². The van der Waals surface area contributed by atoms with Gasteiger partial charge >= 0.3 is 17.9 Å². The summed E-state index contributed by atoms with van der Waals surface area (Å²) in [6.45, 7) is 17.2. The molecule has 0 radical (unpaired) electrons. The lowest BCUT2D eigenvalue weighted by Gasteiger charge is -2.58. The molecule has 3 saturated carbocycles. The van der Waals surface area contributed by atoms with Crippen molar-refractivity contribution in [1.82, 2.24) is 5.32 Å². The van der Waals surface area contributed by atoms with E-state index in [1.165, 1.54) is 78.2 Å². The molecule has 1 heterocycles. The highest BCUT2D eigenvalue weighted by Gasteiger charge is 2.59. The predicted molar refractivity (Wildman–Crippen MR) is 192 cm³/mol. The maximum atomic E-state index is 12.5. The van der Waals surface area contributed by atoms with Crippen molar-refractivity contribution in [3.8, 4) is 0 Å². The van der Waals surface area contributed by atoms with Crippen LogP contribution in [0.15, 0.2) is 11.6 Å². The van der Waals surface area contributed by atoms with E-state index >= 15 is 0 Å². The molecular weight excluding hydrogens is 650 g/mol. The number of carbonyl (C=O) groups excluding carboxylic acids is 4. The summed E-state index contributed by atoms with van der Waals surface area (Å²) in [5.74, 6) is 2.39. The molecule has 0 bridgehead atoms. The third-order valence-electron chi connectivity index (χ3n) is 13.7. The number of ether oxygens (including phenoxy) is 5. The molecule has 10 nitrogen and oxygen atoms in total. The van der Waals surface area contributed by atoms with E-state index in [2.05, 4.69) is 46.0 Å². The number of fused-ring (bicyclic) bond motifs is 5. The molecule has 5 rings (SSSR count). The van der Waals surface area contributed by atoms with Gasteiger partial charge in [-0.2, -0.15) is 0 Å². The number of amides is 1. The van der Waals surface area contributed by atoms with Crippen molar-refractivity contribution in [3.05, 3.63) is 11.6 Å². The van der Waals surface area contributed by atoms with E-state index in [4.69, 9.17) is 23.7 Å². The van der Waals surface area contributed by atoms with Gasteiger partial charge in [-0.3, -0.25) is 19.2 Å². The normalized spacial score (nSPS) is 39.5. The second kappa shape index (κ2) is 16.3. The number of allylic oxidation sites excluding steroid dienone is 1. The first kappa shape index (κ1) is 39.7. The number of nitrogens with one attached hydrogen (secondary N) is 1. The minimum absolute atomic E-state index is 0.119. The second-order valence-corrected chi connectivity index (χ2v) is 17.5. The third-order valence-corrected chi connectivity index (χ3v) is 13.7. The standard InChI is InChI=1S/C41H65NO9/c1-23(2)11-10-12-24(3)32-15-16-33-31-14-13-29-21-30(17-19-40(29,8)34(31)18-20-41(32,33)9)50-39-36(42-25(4)43)38(49-28(7)46)37(48-27(6)45)35(51-39)22-47-26(5)44/h13,23-24,30-39H,10-12,14-22H2,1-9H3,(H,42,43)/t24-,30+,31+,32-,33+,34+,35-,36-,37-,38-,39+,40+,41-/m1/s1. The van der Waals surface area contributed by atoms with Crippen LogP contribution in [0.2, 0.25) is 0 Å². The van der Waals surface area contributed by atoms with Crippen LogP contribution in [-0.4, -0.2) is 67.2 Å². The minimum atomic E-state index is -1.13. The predicted octanol–water partition coefficient (Wildman–Crippen LogP) is 7.07. The lowest BCUT2D eigenvalue weighted by atomic mass is 9.47. The Hall–Kier alpha value is -2.46. The Bertz CT molecular complexity index is 1310. The number of carbonyl (C=O) groups is 4. The first-order chi connectivity index (χ1) is 24.0. The van der Waals surface area contributed by atoms with Gasteiger partial charge < -0.3 is 29.0 Å². The highest BCUT2D eigenvalue weighted by molar-refractivity contribution is 5.73. The number of rotatable bonds is 12. The Morgan fingerprint density at radius 3 is 2.24 bits per heavy atom. The van der Waals surface area contributed by atoms with Gasteiger partial charge in [0.2, 0.25) is 5.91 Å². The molecule has 5 aliphatic rings. The molecule has 0 unspecified atom stereocenters. The zero-order valence-electron chi connectivity index (χ0n) is 32.7. The number of esters is 3. The van der Waals surface area contributed by atoms with Crippen molar-refractivity contribution in [2.24, 2.45) is 46.3 Å². The molecule has 1 amide bonds. The van der Waals surface area contributed by atoms with Crippen molar-refractivity contribution in [2.45, 2.75) is 170 Å². The molecule has 10 heteroatoms. The monoisotopic (exact) mass is 715 g/mol. The van der Waals surface area contributed by atoms with Crippen LogP contribution >= 0.6 is 0 Å². The van der Waals surface area contributed by atoms with E-state index in [9.17, 15) is 19.2 Å². The summed E-state index contributed by atoms with van der Waals surface area (Å²) < 4.78 is 29.6. The first-order valence-electron chi connectivity index (χ1n) is 19.8. The van der Waals surface area contributed by atoms with Crippen LogP contribution in [0.5, 0.6) is 0 Å². The van der Waals surface area contributed by atoms with Crippen molar-refractivity contribution in [2.75, 3.05) is 6.61 Å². The minimum Gasteiger partial charge on any atom is -0.463 e. The fourth-order valence-electron chi connectivity index (χ4n) is 11.4. The smallest absolute Gasteiger partial charge is 0.303 e. The van der Waals surface area contributed by atoms with Gasteiger partial charge in [0.05, 0.1) is 6.10 Å². The van der Waals surface area contributed by atoms with Crippen molar-refractivity contribution in [3.63, 3.8) is 0 Å². The molecule has 4 aliphatic carbocycles. The molecule has 0 aromatic rings. The number of hydrogen-bond donors (Lipinski definition) is 1. The molecule has 288 valence electrons. The summed E-state index contributed by atoms with van der Waals surface area (Å²) in [6, 6.07) is -0.957. The average molecular weight is 716 g/mol. The summed E-state index contributed by atoms with van der Waals surface area (Å²) >= 11 is 0. The van der Waals surface area contributed by atoms with Gasteiger partial charge in [0.15, 0.2) is 18.5 Å². The maximum absolute atomic E-state index is 12.5. The van der Waals surface area contributed by atoms with Gasteiger partial charge in [-0.1, -0.05) is 65.5 Å². The van der Waals surface area contributed by atoms with Crippen molar-refractivity contribution in [1.29, 1.82) is 0 Å². The van der Waals surface area contributed by atoms with E-state index in [1.54, 1.807) is 0 Å². The molecule has 13 atom stereocenters. The Labute approximate surface area is 305 Å². The summed E-state index contributed by atoms with van der Waals surface area (Å²) in [5.41, 5.74) is 2.01. The van der Waals surface area contributed by atoms with Gasteiger partial charge in [-0.15, -0.1) is 0 Å². The van der Waals surface area contributed by atoms with Gasteiger partial charge in [-0.05, 0) is 97.7 Å².